The first-order valence-electron chi connectivity index (χ1n) is 3.84. The summed E-state index contributed by atoms with van der Waals surface area (Å²) >= 11 is 14.0. The molecule has 0 amide bonds. The Hall–Kier alpha value is 1.20. The van der Waals surface area contributed by atoms with Crippen LogP contribution in [0.5, 0.6) is 0 Å². The third-order valence-electron chi connectivity index (χ3n) is 1.14. The first-order chi connectivity index (χ1) is 6.20. The zero-order chi connectivity index (χ0) is 10.1. The van der Waals surface area contributed by atoms with Crippen molar-refractivity contribution < 1.29 is 10.2 Å². The van der Waals surface area contributed by atoms with E-state index in [0.717, 1.165) is 5.08 Å². The van der Waals surface area contributed by atoms with Crippen LogP contribution >= 0.6 is 46.7 Å². The van der Waals surface area contributed by atoms with Gasteiger partial charge in [0.25, 0.3) is 0 Å². The Bertz CT molecular complexity index is 107. The molecule has 2 nitrogen and oxygen atoms in total. The Labute approximate surface area is 97.4 Å². The van der Waals surface area contributed by atoms with Gasteiger partial charge in [-0.2, -0.15) is 0 Å². The number of rotatable bonds is 8. The number of hydrogen-bond acceptors (Lipinski definition) is 4. The number of aliphatic hydroxyl groups excluding tert-OH is 2. The van der Waals surface area contributed by atoms with E-state index in [1.54, 1.807) is 23.5 Å². The van der Waals surface area contributed by atoms with E-state index in [4.69, 9.17) is 33.4 Å². The summed E-state index contributed by atoms with van der Waals surface area (Å²) in [6, 6.07) is 0. The third kappa shape index (κ3) is 9.50. The van der Waals surface area contributed by atoms with Crippen LogP contribution in [0.4, 0.5) is 0 Å². The molecule has 0 saturated heterocycles. The normalized spacial score (nSPS) is 15.7. The zero-order valence-electron chi connectivity index (χ0n) is 7.16. The summed E-state index contributed by atoms with van der Waals surface area (Å²) in [5, 5.41) is 19.0. The van der Waals surface area contributed by atoms with Gasteiger partial charge >= 0.3 is 0 Å². The molecule has 0 aromatic heterocycles. The minimum Gasteiger partial charge on any atom is -0.391 e. The van der Waals surface area contributed by atoms with Gasteiger partial charge < -0.3 is 10.2 Å². The Morgan fingerprint density at radius 3 is 1.62 bits per heavy atom. The second-order valence-electron chi connectivity index (χ2n) is 2.48. The maximum atomic E-state index is 9.08. The Morgan fingerprint density at radius 1 is 0.923 bits per heavy atom. The standard InChI is InChI=1S/C7H14Cl2O2S2/c8-1-6(10)3-12-5-13-4-7(11)2-9/h6-7,10-11H,1-5H2. The summed E-state index contributed by atoms with van der Waals surface area (Å²) in [7, 11) is 0. The monoisotopic (exact) mass is 264 g/mol. The van der Waals surface area contributed by atoms with E-state index in [-0.39, 0.29) is 11.8 Å². The van der Waals surface area contributed by atoms with Gasteiger partial charge in [0.1, 0.15) is 0 Å². The second-order valence-corrected chi connectivity index (χ2v) is 5.52. The molecule has 80 valence electrons. The van der Waals surface area contributed by atoms with E-state index in [2.05, 4.69) is 0 Å². The first kappa shape index (κ1) is 14.2. The Balaban J connectivity index is 3.08. The van der Waals surface area contributed by atoms with E-state index in [9.17, 15) is 0 Å². The van der Waals surface area contributed by atoms with Gasteiger partial charge in [-0.1, -0.05) is 0 Å². The van der Waals surface area contributed by atoms with E-state index < -0.39 is 12.2 Å². The van der Waals surface area contributed by atoms with Gasteiger partial charge in [-0.3, -0.25) is 0 Å². The van der Waals surface area contributed by atoms with Crippen LogP contribution in [0.25, 0.3) is 0 Å². The lowest BCUT2D eigenvalue weighted by atomic mass is 10.5. The maximum Gasteiger partial charge on any atom is 0.0766 e. The van der Waals surface area contributed by atoms with E-state index in [0.29, 0.717) is 11.5 Å². The van der Waals surface area contributed by atoms with Crippen LogP contribution in [0.15, 0.2) is 0 Å². The van der Waals surface area contributed by atoms with Crippen LogP contribution in [-0.4, -0.2) is 50.8 Å². The van der Waals surface area contributed by atoms with Crippen LogP contribution in [0.1, 0.15) is 0 Å². The summed E-state index contributed by atoms with van der Waals surface area (Å²) in [6.45, 7) is 0. The molecule has 0 aliphatic carbocycles. The molecule has 0 bridgehead atoms. The molecule has 2 atom stereocenters. The molecule has 2 N–H and O–H groups in total. The van der Waals surface area contributed by atoms with Gasteiger partial charge in [-0.15, -0.1) is 46.7 Å². The van der Waals surface area contributed by atoms with Crippen molar-refractivity contribution >= 4 is 46.7 Å². The molecule has 6 heteroatoms. The lowest BCUT2D eigenvalue weighted by Gasteiger charge is -2.07. The van der Waals surface area contributed by atoms with Crippen molar-refractivity contribution in [2.75, 3.05) is 28.4 Å². The number of hydrogen-bond donors (Lipinski definition) is 2. The van der Waals surface area contributed by atoms with Crippen LogP contribution < -0.4 is 0 Å². The molecule has 0 fully saturated rings. The fraction of sp³-hybridized carbons (Fsp3) is 1.00. The highest BCUT2D eigenvalue weighted by molar-refractivity contribution is 8.16. The van der Waals surface area contributed by atoms with Crippen molar-refractivity contribution in [1.29, 1.82) is 0 Å². The quantitative estimate of drug-likeness (QED) is 0.397. The molecule has 0 aromatic rings. The molecule has 0 saturated carbocycles. The van der Waals surface area contributed by atoms with Crippen LogP contribution in [0.3, 0.4) is 0 Å². The van der Waals surface area contributed by atoms with Gasteiger partial charge in [0, 0.05) is 28.4 Å². The molecule has 0 aliphatic heterocycles. The average molecular weight is 265 g/mol. The second kappa shape index (κ2) is 9.74. The molecule has 0 heterocycles. The van der Waals surface area contributed by atoms with E-state index in [1.807, 2.05) is 0 Å². The van der Waals surface area contributed by atoms with Gasteiger partial charge in [-0.25, -0.2) is 0 Å². The smallest absolute Gasteiger partial charge is 0.0766 e. The molecular formula is C7H14Cl2O2S2. The molecule has 13 heavy (non-hydrogen) atoms. The highest BCUT2D eigenvalue weighted by Crippen LogP contribution is 2.14. The lowest BCUT2D eigenvalue weighted by Crippen LogP contribution is -2.13. The van der Waals surface area contributed by atoms with Gasteiger partial charge in [-0.05, 0) is 0 Å². The summed E-state index contributed by atoms with van der Waals surface area (Å²) in [4.78, 5) is 0. The average Bonchev–Trinajstić information content (AvgIpc) is 2.16. The number of alkyl halides is 2. The van der Waals surface area contributed by atoms with Gasteiger partial charge in [0.2, 0.25) is 0 Å². The molecule has 0 spiro atoms. The van der Waals surface area contributed by atoms with Crippen molar-refractivity contribution in [2.45, 2.75) is 12.2 Å². The highest BCUT2D eigenvalue weighted by atomic mass is 35.5. The minimum absolute atomic E-state index is 0.280. The SMILES string of the molecule is OC(CCl)CSCSCC(O)CCl. The summed E-state index contributed by atoms with van der Waals surface area (Å²) in [6.07, 6.45) is -0.851. The highest BCUT2D eigenvalue weighted by Gasteiger charge is 2.03. The molecule has 0 rings (SSSR count). The fourth-order valence-corrected chi connectivity index (χ4v) is 3.01. The maximum absolute atomic E-state index is 9.08. The van der Waals surface area contributed by atoms with Crippen molar-refractivity contribution in [3.8, 4) is 0 Å². The Kier molecular flexibility index (Phi) is 10.6. The largest absolute Gasteiger partial charge is 0.391 e. The fourth-order valence-electron chi connectivity index (χ4n) is 0.516. The zero-order valence-corrected chi connectivity index (χ0v) is 10.3. The topological polar surface area (TPSA) is 40.5 Å². The first-order valence-corrected chi connectivity index (χ1v) is 7.22. The molecule has 0 aromatic carbocycles. The van der Waals surface area contributed by atoms with Crippen LogP contribution in [-0.2, 0) is 0 Å². The van der Waals surface area contributed by atoms with Crippen molar-refractivity contribution in [3.63, 3.8) is 0 Å². The summed E-state index contributed by atoms with van der Waals surface area (Å²) in [5.74, 6) is 1.85. The minimum atomic E-state index is -0.426. The van der Waals surface area contributed by atoms with Crippen LogP contribution in [0.2, 0.25) is 0 Å². The summed E-state index contributed by atoms with van der Waals surface area (Å²) in [5.41, 5.74) is 0. The predicted octanol–water partition coefficient (Wildman–Crippen LogP) is 1.61. The number of thioether (sulfide) groups is 2. The van der Waals surface area contributed by atoms with Crippen LogP contribution in [0, 0.1) is 0 Å². The van der Waals surface area contributed by atoms with E-state index >= 15 is 0 Å². The van der Waals surface area contributed by atoms with Crippen molar-refractivity contribution in [2.24, 2.45) is 0 Å². The molecule has 0 radical (unpaired) electrons. The van der Waals surface area contributed by atoms with Crippen molar-refractivity contribution in [1.82, 2.24) is 0 Å². The molecule has 2 unspecified atom stereocenters. The predicted molar refractivity (Wildman–Crippen MR) is 63.2 cm³/mol. The van der Waals surface area contributed by atoms with Crippen molar-refractivity contribution in [3.05, 3.63) is 0 Å². The molecule has 0 aliphatic rings. The third-order valence-corrected chi connectivity index (χ3v) is 4.43. The summed E-state index contributed by atoms with van der Waals surface area (Å²) < 4.78 is 0. The van der Waals surface area contributed by atoms with Gasteiger partial charge in [0.05, 0.1) is 12.2 Å². The van der Waals surface area contributed by atoms with Gasteiger partial charge in [0.15, 0.2) is 0 Å². The number of halogens is 2. The molecular weight excluding hydrogens is 251 g/mol. The van der Waals surface area contributed by atoms with E-state index in [1.165, 1.54) is 0 Å². The Morgan fingerprint density at radius 2 is 1.31 bits per heavy atom. The number of aliphatic hydroxyl groups is 2. The lowest BCUT2D eigenvalue weighted by molar-refractivity contribution is 0.223.